The number of phenolic OH excluding ortho intramolecular Hbond substituents is 2. The Kier molecular flexibility index (Phi) is 5.93. The molecule has 0 unspecified atom stereocenters. The van der Waals surface area contributed by atoms with Gasteiger partial charge in [0.05, 0.1) is 0 Å². The van der Waals surface area contributed by atoms with Gasteiger partial charge in [0.1, 0.15) is 11.5 Å². The Morgan fingerprint density at radius 1 is 1.38 bits per heavy atom. The third kappa shape index (κ3) is 3.58. The maximum atomic E-state index is 11.0. The fourth-order valence-electron chi connectivity index (χ4n) is 3.87. The third-order valence-corrected chi connectivity index (χ3v) is 5.10. The van der Waals surface area contributed by atoms with Gasteiger partial charge in [0.2, 0.25) is 0 Å². The van der Waals surface area contributed by atoms with Gasteiger partial charge in [0, 0.05) is 17.0 Å². The zero-order valence-electron chi connectivity index (χ0n) is 15.2. The predicted molar refractivity (Wildman–Crippen MR) is 102 cm³/mol. The fourth-order valence-corrected chi connectivity index (χ4v) is 3.87. The van der Waals surface area contributed by atoms with Crippen molar-refractivity contribution in [2.45, 2.75) is 58.8 Å². The lowest BCUT2D eigenvalue weighted by molar-refractivity contribution is 0.403. The number of rotatable bonds is 6. The Balaban J connectivity index is 2.63. The zero-order chi connectivity index (χ0) is 17.9. The fraction of sp³-hybridized carbons (Fsp3) is 0.455. The second kappa shape index (κ2) is 7.74. The molecule has 0 heterocycles. The molecule has 1 aromatic carbocycles. The molecule has 0 saturated heterocycles. The van der Waals surface area contributed by atoms with Gasteiger partial charge < -0.3 is 10.2 Å². The maximum Gasteiger partial charge on any atom is 0.126 e. The van der Waals surface area contributed by atoms with Crippen molar-refractivity contribution in [3.8, 4) is 11.5 Å². The summed E-state index contributed by atoms with van der Waals surface area (Å²) < 4.78 is 0. The highest BCUT2D eigenvalue weighted by molar-refractivity contribution is 5.57. The number of hydrogen-bond donors (Lipinski definition) is 2. The first-order chi connectivity index (χ1) is 11.4. The second-order valence-electron chi connectivity index (χ2n) is 7.07. The van der Waals surface area contributed by atoms with E-state index in [1.165, 1.54) is 5.57 Å². The Morgan fingerprint density at radius 2 is 2.08 bits per heavy atom. The number of benzene rings is 1. The molecule has 0 spiro atoms. The molecule has 0 aromatic heterocycles. The van der Waals surface area contributed by atoms with E-state index in [9.17, 15) is 10.2 Å². The molecule has 24 heavy (non-hydrogen) atoms. The first-order valence-electron chi connectivity index (χ1n) is 8.90. The molecule has 1 aliphatic rings. The minimum atomic E-state index is -0.0181. The van der Waals surface area contributed by atoms with Crippen LogP contribution < -0.4 is 0 Å². The molecule has 2 nitrogen and oxygen atoms in total. The van der Waals surface area contributed by atoms with Crippen LogP contribution in [0.3, 0.4) is 0 Å². The molecule has 0 fully saturated rings. The average Bonchev–Trinajstić information content (AvgIpc) is 2.51. The highest BCUT2D eigenvalue weighted by Gasteiger charge is 2.31. The second-order valence-corrected chi connectivity index (χ2v) is 7.07. The van der Waals surface area contributed by atoms with Crippen molar-refractivity contribution in [2.24, 2.45) is 5.92 Å². The molecule has 2 heteroatoms. The summed E-state index contributed by atoms with van der Waals surface area (Å²) in [7, 11) is 0. The summed E-state index contributed by atoms with van der Waals surface area (Å²) in [5.41, 5.74) is 4.97. The monoisotopic (exact) mass is 326 g/mol. The van der Waals surface area contributed by atoms with Crippen molar-refractivity contribution in [3.05, 3.63) is 59.2 Å². The molecule has 1 aliphatic carbocycles. The van der Waals surface area contributed by atoms with E-state index in [1.54, 1.807) is 0 Å². The van der Waals surface area contributed by atoms with Gasteiger partial charge in [-0.25, -0.2) is 0 Å². The lowest BCUT2D eigenvalue weighted by atomic mass is 9.73. The van der Waals surface area contributed by atoms with Gasteiger partial charge in [0.15, 0.2) is 0 Å². The molecule has 130 valence electrons. The summed E-state index contributed by atoms with van der Waals surface area (Å²) in [4.78, 5) is 0. The van der Waals surface area contributed by atoms with Crippen LogP contribution in [0.5, 0.6) is 11.5 Å². The number of aromatic hydroxyl groups is 2. The Morgan fingerprint density at radius 3 is 2.67 bits per heavy atom. The van der Waals surface area contributed by atoms with Gasteiger partial charge in [-0.1, -0.05) is 43.2 Å². The maximum absolute atomic E-state index is 11.0. The summed E-state index contributed by atoms with van der Waals surface area (Å²) in [6.45, 7) is 14.2. The minimum Gasteiger partial charge on any atom is -0.507 e. The molecule has 0 radical (unpaired) electrons. The minimum absolute atomic E-state index is 0.0181. The lowest BCUT2D eigenvalue weighted by Crippen LogP contribution is -2.17. The van der Waals surface area contributed by atoms with Crippen LogP contribution in [0.2, 0.25) is 0 Å². The van der Waals surface area contributed by atoms with Crippen LogP contribution in [-0.2, 0) is 12.8 Å². The van der Waals surface area contributed by atoms with Crippen molar-refractivity contribution in [1.29, 1.82) is 0 Å². The van der Waals surface area contributed by atoms with E-state index >= 15 is 0 Å². The van der Waals surface area contributed by atoms with Gasteiger partial charge in [-0.2, -0.15) is 0 Å². The van der Waals surface area contributed by atoms with E-state index in [2.05, 4.69) is 33.1 Å². The van der Waals surface area contributed by atoms with Crippen LogP contribution in [0.15, 0.2) is 42.5 Å². The molecule has 2 atom stereocenters. The normalized spacial score (nSPS) is 20.5. The van der Waals surface area contributed by atoms with Crippen molar-refractivity contribution >= 4 is 0 Å². The van der Waals surface area contributed by atoms with Gasteiger partial charge in [-0.3, -0.25) is 0 Å². The van der Waals surface area contributed by atoms with E-state index < -0.39 is 0 Å². The first kappa shape index (κ1) is 18.4. The summed E-state index contributed by atoms with van der Waals surface area (Å²) in [6, 6.07) is 1.84. The van der Waals surface area contributed by atoms with E-state index in [-0.39, 0.29) is 23.3 Å². The molecule has 0 amide bonds. The molecule has 2 rings (SSSR count). The summed E-state index contributed by atoms with van der Waals surface area (Å²) in [5.74, 6) is 0.668. The molecule has 0 bridgehead atoms. The largest absolute Gasteiger partial charge is 0.507 e. The van der Waals surface area contributed by atoms with E-state index in [4.69, 9.17) is 0 Å². The quantitative estimate of drug-likeness (QED) is 0.649. The van der Waals surface area contributed by atoms with Gasteiger partial charge >= 0.3 is 0 Å². The summed E-state index contributed by atoms with van der Waals surface area (Å²) in [5, 5.41) is 21.7. The third-order valence-electron chi connectivity index (χ3n) is 5.10. The SMILES string of the molecule is C=CCc1c(CCC)cc(O)c([C@@H]2C=C(C)CC[C@H]2C(=C)C)c1O. The summed E-state index contributed by atoms with van der Waals surface area (Å²) in [6.07, 6.45) is 8.48. The van der Waals surface area contributed by atoms with Crippen molar-refractivity contribution < 1.29 is 10.2 Å². The number of allylic oxidation sites excluding steroid dienone is 4. The average molecular weight is 326 g/mol. The van der Waals surface area contributed by atoms with Crippen LogP contribution in [0, 0.1) is 5.92 Å². The molecular formula is C22H30O2. The van der Waals surface area contributed by atoms with Crippen LogP contribution in [0.4, 0.5) is 0 Å². The lowest BCUT2D eigenvalue weighted by Gasteiger charge is -2.32. The molecular weight excluding hydrogens is 296 g/mol. The summed E-state index contributed by atoms with van der Waals surface area (Å²) >= 11 is 0. The van der Waals surface area contributed by atoms with Crippen LogP contribution in [-0.4, -0.2) is 10.2 Å². The molecule has 2 N–H and O–H groups in total. The van der Waals surface area contributed by atoms with Crippen molar-refractivity contribution in [3.63, 3.8) is 0 Å². The smallest absolute Gasteiger partial charge is 0.126 e. The zero-order valence-corrected chi connectivity index (χ0v) is 15.2. The van der Waals surface area contributed by atoms with Crippen LogP contribution in [0.25, 0.3) is 0 Å². The number of phenols is 2. The molecule has 0 aliphatic heterocycles. The molecule has 0 saturated carbocycles. The van der Waals surface area contributed by atoms with E-state index in [0.717, 1.165) is 42.4 Å². The van der Waals surface area contributed by atoms with E-state index in [0.29, 0.717) is 12.0 Å². The Labute approximate surface area is 146 Å². The van der Waals surface area contributed by atoms with Crippen LogP contribution >= 0.6 is 0 Å². The van der Waals surface area contributed by atoms with Crippen molar-refractivity contribution in [2.75, 3.05) is 0 Å². The molecule has 1 aromatic rings. The topological polar surface area (TPSA) is 40.5 Å². The van der Waals surface area contributed by atoms with Gasteiger partial charge in [-0.05, 0) is 57.1 Å². The predicted octanol–water partition coefficient (Wildman–Crippen LogP) is 5.79. The Hall–Kier alpha value is -1.96. The van der Waals surface area contributed by atoms with Gasteiger partial charge in [0.25, 0.3) is 0 Å². The highest BCUT2D eigenvalue weighted by Crippen LogP contribution is 2.48. The first-order valence-corrected chi connectivity index (χ1v) is 8.90. The van der Waals surface area contributed by atoms with Gasteiger partial charge in [-0.15, -0.1) is 6.58 Å². The van der Waals surface area contributed by atoms with Crippen LogP contribution in [0.1, 0.15) is 62.6 Å². The standard InChI is InChI=1S/C22H30O2/c1-6-8-16-13-20(23)21(22(24)18(16)9-7-2)19-12-15(5)10-11-17(19)14(3)4/h7,12-13,17,19,23-24H,2-3,6,8-11H2,1,4-5H3/t17-,19+/m0/s1. The number of hydrogen-bond acceptors (Lipinski definition) is 2. The van der Waals surface area contributed by atoms with Crippen molar-refractivity contribution in [1.82, 2.24) is 0 Å². The Bertz CT molecular complexity index is 667. The van der Waals surface area contributed by atoms with E-state index in [1.807, 2.05) is 19.1 Å². The highest BCUT2D eigenvalue weighted by atomic mass is 16.3. The number of aryl methyl sites for hydroxylation is 1.